The lowest BCUT2D eigenvalue weighted by atomic mass is 10.1. The highest BCUT2D eigenvalue weighted by Gasteiger charge is 2.31. The lowest BCUT2D eigenvalue weighted by Gasteiger charge is -2.09. The number of carbonyl (C=O) groups is 1. The second kappa shape index (κ2) is 8.47. The van der Waals surface area contributed by atoms with E-state index in [2.05, 4.69) is 5.10 Å². The topological polar surface area (TPSA) is 44.1 Å². The van der Waals surface area contributed by atoms with Crippen molar-refractivity contribution in [1.29, 1.82) is 0 Å². The van der Waals surface area contributed by atoms with Crippen LogP contribution in [0.4, 0.5) is 13.2 Å². The Bertz CT molecular complexity index is 1090. The van der Waals surface area contributed by atoms with E-state index in [-0.39, 0.29) is 18.7 Å². The highest BCUT2D eigenvalue weighted by atomic mass is 35.5. The van der Waals surface area contributed by atoms with Gasteiger partial charge in [-0.25, -0.2) is 4.79 Å². The minimum absolute atomic E-state index is 0.126. The summed E-state index contributed by atoms with van der Waals surface area (Å²) in [4.78, 5) is 11.6. The number of rotatable bonds is 5. The molecule has 0 aliphatic heterocycles. The average Bonchev–Trinajstić information content (AvgIpc) is 2.99. The van der Waals surface area contributed by atoms with Gasteiger partial charge in [-0.1, -0.05) is 29.3 Å². The number of aromatic nitrogens is 2. The molecule has 0 saturated carbocycles. The van der Waals surface area contributed by atoms with Crippen LogP contribution in [0.1, 0.15) is 23.7 Å². The fourth-order valence-electron chi connectivity index (χ4n) is 2.77. The van der Waals surface area contributed by atoms with E-state index in [0.717, 1.165) is 12.1 Å². The number of esters is 1. The molecule has 0 aliphatic rings. The van der Waals surface area contributed by atoms with Crippen LogP contribution in [-0.4, -0.2) is 22.4 Å². The van der Waals surface area contributed by atoms with Gasteiger partial charge in [-0.05, 0) is 48.9 Å². The fourth-order valence-corrected chi connectivity index (χ4v) is 3.24. The third-order valence-electron chi connectivity index (χ3n) is 4.11. The zero-order valence-electron chi connectivity index (χ0n) is 15.1. The van der Waals surface area contributed by atoms with E-state index in [9.17, 15) is 18.0 Å². The molecule has 29 heavy (non-hydrogen) atoms. The van der Waals surface area contributed by atoms with Gasteiger partial charge in [0.1, 0.15) is 0 Å². The molecule has 1 aromatic heterocycles. The molecule has 2 aromatic carbocycles. The van der Waals surface area contributed by atoms with E-state index in [1.807, 2.05) is 0 Å². The Morgan fingerprint density at radius 1 is 1.21 bits per heavy atom. The second-order valence-electron chi connectivity index (χ2n) is 6.09. The molecule has 3 aromatic rings. The Morgan fingerprint density at radius 2 is 1.97 bits per heavy atom. The maximum atomic E-state index is 13.2. The lowest BCUT2D eigenvalue weighted by Crippen LogP contribution is -2.06. The van der Waals surface area contributed by atoms with Crippen LogP contribution >= 0.6 is 23.2 Å². The van der Waals surface area contributed by atoms with Crippen molar-refractivity contribution in [1.82, 2.24) is 9.78 Å². The molecule has 0 radical (unpaired) electrons. The third-order valence-corrected chi connectivity index (χ3v) is 4.69. The van der Waals surface area contributed by atoms with Crippen molar-refractivity contribution in [2.75, 3.05) is 6.61 Å². The number of hydrogen-bond donors (Lipinski definition) is 0. The fraction of sp³-hybridized carbons (Fsp3) is 0.200. The summed E-state index contributed by atoms with van der Waals surface area (Å²) in [6.45, 7) is 2.01. The number of fused-ring (bicyclic) bond motifs is 1. The van der Waals surface area contributed by atoms with Gasteiger partial charge in [-0.2, -0.15) is 18.3 Å². The first-order chi connectivity index (χ1) is 13.7. The molecule has 4 nitrogen and oxygen atoms in total. The van der Waals surface area contributed by atoms with Gasteiger partial charge in [-0.3, -0.25) is 4.68 Å². The molecular formula is C20H15Cl2F3N2O2. The highest BCUT2D eigenvalue weighted by molar-refractivity contribution is 6.35. The predicted octanol–water partition coefficient (Wildman–Crippen LogP) is 5.99. The van der Waals surface area contributed by atoms with Gasteiger partial charge >= 0.3 is 12.1 Å². The van der Waals surface area contributed by atoms with Gasteiger partial charge in [0.05, 0.1) is 29.9 Å². The summed E-state index contributed by atoms with van der Waals surface area (Å²) < 4.78 is 45.8. The average molecular weight is 443 g/mol. The number of ether oxygens (including phenoxy) is 1. The number of halogens is 5. The van der Waals surface area contributed by atoms with Crippen LogP contribution in [0.15, 0.2) is 42.5 Å². The molecule has 0 spiro atoms. The zero-order chi connectivity index (χ0) is 21.2. The Kier molecular flexibility index (Phi) is 6.19. The van der Waals surface area contributed by atoms with Crippen LogP contribution in [-0.2, 0) is 22.3 Å². The first-order valence-electron chi connectivity index (χ1n) is 8.55. The van der Waals surface area contributed by atoms with E-state index in [4.69, 9.17) is 27.9 Å². The van der Waals surface area contributed by atoms with Crippen LogP contribution < -0.4 is 0 Å². The van der Waals surface area contributed by atoms with Gasteiger partial charge in [-0.15, -0.1) is 0 Å². The summed E-state index contributed by atoms with van der Waals surface area (Å²) in [5.74, 6) is -0.567. The number of nitrogens with zero attached hydrogens (tertiary/aromatic N) is 2. The zero-order valence-corrected chi connectivity index (χ0v) is 16.6. The maximum Gasteiger partial charge on any atom is 0.416 e. The molecule has 0 bridgehead atoms. The Labute approximate surface area is 174 Å². The Balaban J connectivity index is 2.09. The van der Waals surface area contributed by atoms with Crippen LogP contribution in [0.2, 0.25) is 10.0 Å². The van der Waals surface area contributed by atoms with E-state index in [0.29, 0.717) is 26.7 Å². The van der Waals surface area contributed by atoms with Crippen molar-refractivity contribution in [3.63, 3.8) is 0 Å². The summed E-state index contributed by atoms with van der Waals surface area (Å²) in [6, 6.07) is 8.19. The van der Waals surface area contributed by atoms with Gasteiger partial charge in [0.2, 0.25) is 0 Å². The predicted molar refractivity (Wildman–Crippen MR) is 106 cm³/mol. The number of alkyl halides is 3. The summed E-state index contributed by atoms with van der Waals surface area (Å²) in [6.07, 6.45) is -1.90. The minimum Gasteiger partial charge on any atom is -0.463 e. The molecule has 1 heterocycles. The van der Waals surface area contributed by atoms with Crippen molar-refractivity contribution >= 4 is 46.2 Å². The van der Waals surface area contributed by atoms with E-state index < -0.39 is 17.7 Å². The molecule has 0 amide bonds. The molecule has 0 fully saturated rings. The number of hydrogen-bond acceptors (Lipinski definition) is 3. The third kappa shape index (κ3) is 4.92. The molecule has 9 heteroatoms. The first-order valence-corrected chi connectivity index (χ1v) is 9.31. The molecule has 152 valence electrons. The smallest absolute Gasteiger partial charge is 0.416 e. The number of carbonyl (C=O) groups excluding carboxylic acids is 1. The summed E-state index contributed by atoms with van der Waals surface area (Å²) in [5, 5.41) is 5.65. The minimum atomic E-state index is -4.50. The van der Waals surface area contributed by atoms with Gasteiger partial charge in [0, 0.05) is 21.5 Å². The molecule has 3 rings (SSSR count). The van der Waals surface area contributed by atoms with Crippen LogP contribution in [0.3, 0.4) is 0 Å². The first kappa shape index (κ1) is 21.2. The molecule has 0 saturated heterocycles. The molecular weight excluding hydrogens is 428 g/mol. The van der Waals surface area contributed by atoms with Crippen molar-refractivity contribution < 1.29 is 22.7 Å². The van der Waals surface area contributed by atoms with E-state index in [1.165, 1.54) is 22.9 Å². The number of benzene rings is 2. The van der Waals surface area contributed by atoms with Crippen LogP contribution in [0, 0.1) is 0 Å². The van der Waals surface area contributed by atoms with Crippen molar-refractivity contribution in [3.8, 4) is 0 Å². The van der Waals surface area contributed by atoms with Crippen LogP contribution in [0.25, 0.3) is 17.0 Å². The maximum absolute atomic E-state index is 13.2. The van der Waals surface area contributed by atoms with Crippen molar-refractivity contribution in [3.05, 3.63) is 69.3 Å². The van der Waals surface area contributed by atoms with Gasteiger partial charge in [0.15, 0.2) is 0 Å². The van der Waals surface area contributed by atoms with E-state index in [1.54, 1.807) is 25.1 Å². The largest absolute Gasteiger partial charge is 0.463 e. The summed E-state index contributed by atoms with van der Waals surface area (Å²) in [7, 11) is 0. The van der Waals surface area contributed by atoms with Gasteiger partial charge in [0.25, 0.3) is 0 Å². The van der Waals surface area contributed by atoms with Crippen LogP contribution in [0.5, 0.6) is 0 Å². The lowest BCUT2D eigenvalue weighted by molar-refractivity contribution is -0.138. The monoisotopic (exact) mass is 442 g/mol. The Hall–Kier alpha value is -2.51. The summed E-state index contributed by atoms with van der Waals surface area (Å²) >= 11 is 12.1. The molecule has 0 atom stereocenters. The standard InChI is InChI=1S/C20H15Cl2F3N2O2/c1-2-29-19(28)8-7-17-15-6-4-13(20(23,24)25)9-18(15)27(26-17)11-12-3-5-14(21)10-16(12)22/h3-10H,2,11H2,1H3/b8-7+. The van der Waals surface area contributed by atoms with Crippen molar-refractivity contribution in [2.24, 2.45) is 0 Å². The highest BCUT2D eigenvalue weighted by Crippen LogP contribution is 2.33. The molecule has 0 unspecified atom stereocenters. The molecule has 0 N–H and O–H groups in total. The van der Waals surface area contributed by atoms with Gasteiger partial charge < -0.3 is 4.74 Å². The summed E-state index contributed by atoms with van der Waals surface area (Å²) in [5.41, 5.74) is 0.439. The quantitative estimate of drug-likeness (QED) is 0.360. The normalized spacial score (nSPS) is 12.1. The second-order valence-corrected chi connectivity index (χ2v) is 6.94. The van der Waals surface area contributed by atoms with E-state index >= 15 is 0 Å². The Morgan fingerprint density at radius 3 is 2.62 bits per heavy atom. The molecule has 0 aliphatic carbocycles. The van der Waals surface area contributed by atoms with Crippen molar-refractivity contribution in [2.45, 2.75) is 19.6 Å². The SMILES string of the molecule is CCOC(=O)/C=C/c1nn(Cc2ccc(Cl)cc2Cl)c2cc(C(F)(F)F)ccc12.